The van der Waals surface area contributed by atoms with E-state index in [0.717, 1.165) is 35.7 Å². The number of hydrogen-bond donors (Lipinski definition) is 1. The van der Waals surface area contributed by atoms with Crippen LogP contribution in [0.1, 0.15) is 31.7 Å². The topological polar surface area (TPSA) is 72.6 Å². The number of rotatable bonds is 3. The zero-order valence-corrected chi connectivity index (χ0v) is 16.2. The first-order chi connectivity index (χ1) is 10.4. The molecule has 0 spiro atoms. The summed E-state index contributed by atoms with van der Waals surface area (Å²) in [6, 6.07) is 3.25. The molecule has 2 heterocycles. The summed E-state index contributed by atoms with van der Waals surface area (Å²) in [6.45, 7) is 2.93. The Balaban J connectivity index is 0.00000192. The predicted octanol–water partition coefficient (Wildman–Crippen LogP) is 2.70. The first-order valence-corrected chi connectivity index (χ1v) is 9.87. The molecule has 0 bridgehead atoms. The monoisotopic (exact) mass is 424 g/mol. The Morgan fingerprint density at radius 2 is 2.13 bits per heavy atom. The van der Waals surface area contributed by atoms with Crippen molar-refractivity contribution in [2.24, 2.45) is 5.73 Å². The Morgan fingerprint density at radius 3 is 2.83 bits per heavy atom. The predicted molar refractivity (Wildman–Crippen MR) is 95.8 cm³/mol. The zero-order valence-electron chi connectivity index (χ0n) is 13.0. The summed E-state index contributed by atoms with van der Waals surface area (Å²) >= 11 is 3.41. The van der Waals surface area contributed by atoms with Gasteiger partial charge in [-0.25, -0.2) is 8.42 Å². The van der Waals surface area contributed by atoms with Gasteiger partial charge in [-0.05, 0) is 31.9 Å². The molecular formula is C15H22BrClN2O3S. The highest BCUT2D eigenvalue weighted by molar-refractivity contribution is 9.10. The fraction of sp³-hybridized carbons (Fsp3) is 0.600. The van der Waals surface area contributed by atoms with Crippen LogP contribution >= 0.6 is 28.3 Å². The van der Waals surface area contributed by atoms with Crippen molar-refractivity contribution in [1.29, 1.82) is 0 Å². The van der Waals surface area contributed by atoms with Gasteiger partial charge in [-0.3, -0.25) is 0 Å². The fourth-order valence-corrected chi connectivity index (χ4v) is 5.94. The summed E-state index contributed by atoms with van der Waals surface area (Å²) < 4.78 is 34.3. The van der Waals surface area contributed by atoms with Crippen LogP contribution in [0, 0.1) is 0 Å². The van der Waals surface area contributed by atoms with Crippen LogP contribution in [-0.2, 0) is 16.4 Å². The van der Waals surface area contributed by atoms with Crippen molar-refractivity contribution < 1.29 is 13.2 Å². The largest absolute Gasteiger partial charge is 0.492 e. The van der Waals surface area contributed by atoms with E-state index in [2.05, 4.69) is 15.9 Å². The maximum atomic E-state index is 13.2. The van der Waals surface area contributed by atoms with Gasteiger partial charge in [0.25, 0.3) is 0 Å². The number of nitrogens with zero attached hydrogens (tertiary/aromatic N) is 1. The van der Waals surface area contributed by atoms with Crippen molar-refractivity contribution >= 4 is 38.4 Å². The maximum absolute atomic E-state index is 13.2. The number of halogens is 2. The first kappa shape index (κ1) is 19.0. The molecule has 0 amide bonds. The van der Waals surface area contributed by atoms with Crippen LogP contribution in [0.15, 0.2) is 21.5 Å². The molecule has 1 aromatic carbocycles. The lowest BCUT2D eigenvalue weighted by Crippen LogP contribution is -2.51. The highest BCUT2D eigenvalue weighted by Crippen LogP contribution is 2.38. The number of piperidine rings is 1. The number of benzene rings is 1. The summed E-state index contributed by atoms with van der Waals surface area (Å²) in [5.41, 5.74) is 6.97. The molecule has 130 valence electrons. The molecule has 1 aromatic rings. The van der Waals surface area contributed by atoms with Gasteiger partial charge in [0.2, 0.25) is 10.0 Å². The highest BCUT2D eigenvalue weighted by Gasteiger charge is 2.38. The Labute approximate surface area is 152 Å². The summed E-state index contributed by atoms with van der Waals surface area (Å²) in [5, 5.41) is 0. The smallest absolute Gasteiger partial charge is 0.247 e. The first-order valence-electron chi connectivity index (χ1n) is 7.64. The minimum atomic E-state index is -3.61. The molecule has 0 aliphatic carbocycles. The average Bonchev–Trinajstić information content (AvgIpc) is 2.94. The van der Waals surface area contributed by atoms with Gasteiger partial charge in [-0.2, -0.15) is 4.31 Å². The van der Waals surface area contributed by atoms with Crippen molar-refractivity contribution in [1.82, 2.24) is 4.31 Å². The minimum absolute atomic E-state index is 0. The quantitative estimate of drug-likeness (QED) is 0.808. The van der Waals surface area contributed by atoms with E-state index in [-0.39, 0.29) is 29.4 Å². The zero-order chi connectivity index (χ0) is 15.9. The molecule has 2 N–H and O–H groups in total. The standard InChI is InChI=1S/C15H21BrN2O3S.ClH/c1-10(17)13-4-2-3-6-18(13)22(19,20)14-9-12(16)8-11-5-7-21-15(11)14;/h8-10,13H,2-7,17H2,1H3;1H. The normalized spacial score (nSPS) is 22.8. The van der Waals surface area contributed by atoms with Gasteiger partial charge in [0.05, 0.1) is 6.61 Å². The van der Waals surface area contributed by atoms with Crippen LogP contribution in [0.5, 0.6) is 5.75 Å². The van der Waals surface area contributed by atoms with Crippen molar-refractivity contribution in [3.63, 3.8) is 0 Å². The van der Waals surface area contributed by atoms with Gasteiger partial charge in [0.15, 0.2) is 0 Å². The number of nitrogens with two attached hydrogens (primary N) is 1. The summed E-state index contributed by atoms with van der Waals surface area (Å²) in [5.74, 6) is 0.511. The number of hydrogen-bond acceptors (Lipinski definition) is 4. The molecule has 2 aliphatic heterocycles. The maximum Gasteiger partial charge on any atom is 0.247 e. The molecule has 3 rings (SSSR count). The van der Waals surface area contributed by atoms with Crippen LogP contribution in [0.2, 0.25) is 0 Å². The van der Waals surface area contributed by atoms with Crippen LogP contribution in [0.3, 0.4) is 0 Å². The lowest BCUT2D eigenvalue weighted by molar-refractivity contribution is 0.226. The Kier molecular flexibility index (Phi) is 6.00. The average molecular weight is 426 g/mol. The highest BCUT2D eigenvalue weighted by atomic mass is 79.9. The van der Waals surface area contributed by atoms with Crippen molar-refractivity contribution in [2.75, 3.05) is 13.2 Å². The lowest BCUT2D eigenvalue weighted by atomic mass is 10.00. The molecule has 0 saturated carbocycles. The summed E-state index contributed by atoms with van der Waals surface area (Å²) in [4.78, 5) is 0.266. The van der Waals surface area contributed by atoms with E-state index in [0.29, 0.717) is 18.9 Å². The molecule has 8 heteroatoms. The van der Waals surface area contributed by atoms with Gasteiger partial charge in [0, 0.05) is 35.1 Å². The van der Waals surface area contributed by atoms with Crippen LogP contribution in [0.4, 0.5) is 0 Å². The van der Waals surface area contributed by atoms with Crippen molar-refractivity contribution in [3.8, 4) is 5.75 Å². The molecular weight excluding hydrogens is 404 g/mol. The Morgan fingerprint density at radius 1 is 1.39 bits per heavy atom. The second-order valence-electron chi connectivity index (χ2n) is 6.03. The fourth-order valence-electron chi connectivity index (χ4n) is 3.31. The van der Waals surface area contributed by atoms with E-state index < -0.39 is 10.0 Å². The molecule has 0 radical (unpaired) electrons. The lowest BCUT2D eigenvalue weighted by Gasteiger charge is -2.37. The third kappa shape index (κ3) is 3.54. The molecule has 2 aliphatic rings. The minimum Gasteiger partial charge on any atom is -0.492 e. The van der Waals surface area contributed by atoms with E-state index in [4.69, 9.17) is 10.5 Å². The second kappa shape index (κ2) is 7.27. The summed E-state index contributed by atoms with van der Waals surface area (Å²) in [7, 11) is -3.61. The van der Waals surface area contributed by atoms with E-state index in [9.17, 15) is 8.42 Å². The van der Waals surface area contributed by atoms with Crippen molar-refractivity contribution in [3.05, 3.63) is 22.2 Å². The molecule has 2 atom stereocenters. The number of fused-ring (bicyclic) bond motifs is 1. The van der Waals surface area contributed by atoms with E-state index >= 15 is 0 Å². The molecule has 1 fully saturated rings. The Bertz CT molecular complexity index is 682. The van der Waals surface area contributed by atoms with Gasteiger partial charge >= 0.3 is 0 Å². The van der Waals surface area contributed by atoms with Crippen molar-refractivity contribution in [2.45, 2.75) is 49.6 Å². The van der Waals surface area contributed by atoms with Crippen LogP contribution < -0.4 is 10.5 Å². The SMILES string of the molecule is CC(N)C1CCCCN1S(=O)(=O)c1cc(Br)cc2c1OCC2.Cl. The Hall–Kier alpha value is -0.340. The summed E-state index contributed by atoms with van der Waals surface area (Å²) in [6.07, 6.45) is 3.45. The molecule has 5 nitrogen and oxygen atoms in total. The van der Waals surface area contributed by atoms with E-state index in [1.165, 1.54) is 0 Å². The third-order valence-electron chi connectivity index (χ3n) is 4.41. The van der Waals surface area contributed by atoms with Gasteiger partial charge < -0.3 is 10.5 Å². The van der Waals surface area contributed by atoms with Gasteiger partial charge in [-0.15, -0.1) is 12.4 Å². The second-order valence-corrected chi connectivity index (χ2v) is 8.80. The van der Waals surface area contributed by atoms with E-state index in [1.807, 2.05) is 13.0 Å². The molecule has 23 heavy (non-hydrogen) atoms. The molecule has 0 aromatic heterocycles. The molecule has 2 unspecified atom stereocenters. The molecule has 1 saturated heterocycles. The number of ether oxygens (including phenoxy) is 1. The van der Waals surface area contributed by atoms with E-state index in [1.54, 1.807) is 10.4 Å². The van der Waals surface area contributed by atoms with Gasteiger partial charge in [-0.1, -0.05) is 22.4 Å². The van der Waals surface area contributed by atoms with Gasteiger partial charge in [0.1, 0.15) is 10.6 Å². The van der Waals surface area contributed by atoms with Crippen LogP contribution in [-0.4, -0.2) is 38.0 Å². The number of sulfonamides is 1. The van der Waals surface area contributed by atoms with Crippen LogP contribution in [0.25, 0.3) is 0 Å². The third-order valence-corrected chi connectivity index (χ3v) is 6.79.